The van der Waals surface area contributed by atoms with E-state index in [1.807, 2.05) is 30.3 Å². The summed E-state index contributed by atoms with van der Waals surface area (Å²) in [6.07, 6.45) is 13.9. The summed E-state index contributed by atoms with van der Waals surface area (Å²) in [4.78, 5) is 0. The fraction of sp³-hybridized carbons (Fsp3) is 0.579. The van der Waals surface area contributed by atoms with Gasteiger partial charge in [0.2, 0.25) is 0 Å². The van der Waals surface area contributed by atoms with Gasteiger partial charge in [0.05, 0.1) is 0 Å². The van der Waals surface area contributed by atoms with Crippen LogP contribution >= 0.6 is 0 Å². The van der Waals surface area contributed by atoms with Gasteiger partial charge in [-0.2, -0.15) is 0 Å². The molecule has 0 unspecified atom stereocenters. The average molecular weight is 260 g/mol. The molecule has 0 fully saturated rings. The van der Waals surface area contributed by atoms with E-state index < -0.39 is 0 Å². The molecule has 0 spiro atoms. The first kappa shape index (κ1) is 18.2. The Morgan fingerprint density at radius 1 is 0.737 bits per heavy atom. The van der Waals surface area contributed by atoms with Gasteiger partial charge in [-0.25, -0.2) is 0 Å². The molecule has 2 radical (unpaired) electrons. The Kier molecular flexibility index (Phi) is 14.7. The Morgan fingerprint density at radius 3 is 1.58 bits per heavy atom. The largest absolute Gasteiger partial charge is 0.0654 e. The lowest BCUT2D eigenvalue weighted by atomic mass is 10.1. The van der Waals surface area contributed by atoms with Crippen LogP contribution in [0.15, 0.2) is 30.3 Å². The molecule has 0 heterocycles. The lowest BCUT2D eigenvalue weighted by Crippen LogP contribution is -1.80. The molecule has 0 saturated carbocycles. The highest BCUT2D eigenvalue weighted by Gasteiger charge is 1.90. The lowest BCUT2D eigenvalue weighted by molar-refractivity contribution is 0.566. The van der Waals surface area contributed by atoms with Gasteiger partial charge in [-0.15, -0.1) is 0 Å². The minimum Gasteiger partial charge on any atom is -0.0654 e. The molecular formula is C19H32. The molecule has 0 nitrogen and oxygen atoms in total. The smallest absolute Gasteiger partial charge is 0.0238 e. The first-order chi connectivity index (χ1) is 9.31. The van der Waals surface area contributed by atoms with Crippen molar-refractivity contribution in [3.8, 4) is 0 Å². The van der Waals surface area contributed by atoms with Crippen molar-refractivity contribution < 1.29 is 0 Å². The van der Waals surface area contributed by atoms with Crippen LogP contribution in [0, 0.1) is 13.8 Å². The van der Waals surface area contributed by atoms with Crippen molar-refractivity contribution in [3.05, 3.63) is 49.7 Å². The van der Waals surface area contributed by atoms with E-state index in [0.29, 0.717) is 0 Å². The second-order valence-electron chi connectivity index (χ2n) is 5.17. The van der Waals surface area contributed by atoms with Crippen molar-refractivity contribution in [3.63, 3.8) is 0 Å². The van der Waals surface area contributed by atoms with E-state index in [1.54, 1.807) is 0 Å². The zero-order valence-corrected chi connectivity index (χ0v) is 12.9. The van der Waals surface area contributed by atoms with Gasteiger partial charge in [0.1, 0.15) is 0 Å². The maximum absolute atomic E-state index is 3.84. The third-order valence-electron chi connectivity index (χ3n) is 3.20. The molecule has 0 aliphatic rings. The fourth-order valence-electron chi connectivity index (χ4n) is 1.97. The maximum atomic E-state index is 3.84. The van der Waals surface area contributed by atoms with E-state index in [1.165, 1.54) is 57.8 Å². The summed E-state index contributed by atoms with van der Waals surface area (Å²) in [6, 6.07) is 9.87. The van der Waals surface area contributed by atoms with E-state index in [0.717, 1.165) is 12.0 Å². The van der Waals surface area contributed by atoms with Crippen LogP contribution in [0.25, 0.3) is 0 Å². The van der Waals surface area contributed by atoms with E-state index >= 15 is 0 Å². The van der Waals surface area contributed by atoms with Gasteiger partial charge in [0.15, 0.2) is 0 Å². The third kappa shape index (κ3) is 15.2. The summed E-state index contributed by atoms with van der Waals surface area (Å²) in [7, 11) is 0. The summed E-state index contributed by atoms with van der Waals surface area (Å²) >= 11 is 0. The number of hydrogen-bond acceptors (Lipinski definition) is 0. The second-order valence-corrected chi connectivity index (χ2v) is 5.17. The molecular weight excluding hydrogens is 228 g/mol. The Hall–Kier alpha value is -0.780. The minimum atomic E-state index is 1.07. The maximum Gasteiger partial charge on any atom is -0.0238 e. The predicted molar refractivity (Wildman–Crippen MR) is 88.1 cm³/mol. The van der Waals surface area contributed by atoms with E-state index in [-0.39, 0.29) is 0 Å². The molecule has 0 bridgehead atoms. The molecule has 0 aliphatic heterocycles. The zero-order valence-electron chi connectivity index (χ0n) is 12.9. The highest BCUT2D eigenvalue weighted by Crippen LogP contribution is 2.09. The predicted octanol–water partition coefficient (Wildman–Crippen LogP) is 6.61. The minimum absolute atomic E-state index is 1.07. The number of hydrogen-bond donors (Lipinski definition) is 0. The summed E-state index contributed by atoms with van der Waals surface area (Å²) in [5.74, 6) is 0. The van der Waals surface area contributed by atoms with Gasteiger partial charge in [-0.3, -0.25) is 0 Å². The monoisotopic (exact) mass is 260 g/mol. The van der Waals surface area contributed by atoms with Crippen LogP contribution in [-0.2, 0) is 0 Å². The highest BCUT2D eigenvalue weighted by atomic mass is 14.0. The molecule has 0 aliphatic carbocycles. The third-order valence-corrected chi connectivity index (χ3v) is 3.20. The molecule has 0 saturated heterocycles. The Morgan fingerprint density at radius 2 is 1.21 bits per heavy atom. The van der Waals surface area contributed by atoms with Gasteiger partial charge in [0, 0.05) is 0 Å². The van der Waals surface area contributed by atoms with Crippen molar-refractivity contribution in [2.45, 2.75) is 71.1 Å². The normalized spacial score (nSPS) is 9.84. The molecule has 0 N–H and O–H groups in total. The number of unbranched alkanes of at least 4 members (excludes halogenated alkanes) is 9. The molecule has 108 valence electrons. The van der Waals surface area contributed by atoms with Gasteiger partial charge in [-0.05, 0) is 12.5 Å². The Labute approximate surface area is 121 Å². The highest BCUT2D eigenvalue weighted by molar-refractivity contribution is 5.16. The lowest BCUT2D eigenvalue weighted by Gasteiger charge is -1.99. The average Bonchev–Trinajstić information content (AvgIpc) is 2.43. The SMILES string of the molecule is [CH2]CCCCCCCCCCC.[CH2]c1ccccc1. The van der Waals surface area contributed by atoms with Crippen LogP contribution in [0.2, 0.25) is 0 Å². The molecule has 1 aromatic rings. The second kappa shape index (κ2) is 15.3. The molecule has 0 atom stereocenters. The van der Waals surface area contributed by atoms with Crippen LogP contribution in [0.5, 0.6) is 0 Å². The van der Waals surface area contributed by atoms with Gasteiger partial charge in [0.25, 0.3) is 0 Å². The molecule has 0 aromatic heterocycles. The van der Waals surface area contributed by atoms with Gasteiger partial charge >= 0.3 is 0 Å². The number of rotatable bonds is 9. The first-order valence-electron chi connectivity index (χ1n) is 7.97. The molecule has 1 aromatic carbocycles. The topological polar surface area (TPSA) is 0 Å². The van der Waals surface area contributed by atoms with Crippen LogP contribution in [0.4, 0.5) is 0 Å². The van der Waals surface area contributed by atoms with Crippen molar-refractivity contribution in [1.82, 2.24) is 0 Å². The number of benzene rings is 1. The van der Waals surface area contributed by atoms with Crippen molar-refractivity contribution in [1.29, 1.82) is 0 Å². The van der Waals surface area contributed by atoms with Crippen LogP contribution in [0.1, 0.15) is 76.7 Å². The summed E-state index contributed by atoms with van der Waals surface area (Å²) in [5, 5.41) is 0. The van der Waals surface area contributed by atoms with Gasteiger partial charge in [-0.1, -0.05) is 108 Å². The van der Waals surface area contributed by atoms with Crippen molar-refractivity contribution in [2.75, 3.05) is 0 Å². The van der Waals surface area contributed by atoms with Crippen LogP contribution in [0.3, 0.4) is 0 Å². The van der Waals surface area contributed by atoms with Crippen LogP contribution < -0.4 is 0 Å². The van der Waals surface area contributed by atoms with Gasteiger partial charge < -0.3 is 0 Å². The standard InChI is InChI=1S/C12H25.C7H7/c1-3-5-7-9-11-12-10-8-6-4-2;1-7-5-3-2-4-6-7/h1,3-12H2,2H3;2-6H,1H2. The fourth-order valence-corrected chi connectivity index (χ4v) is 1.97. The van der Waals surface area contributed by atoms with Crippen LogP contribution in [-0.4, -0.2) is 0 Å². The molecule has 1 rings (SSSR count). The van der Waals surface area contributed by atoms with E-state index in [9.17, 15) is 0 Å². The molecule has 0 heteroatoms. The first-order valence-corrected chi connectivity index (χ1v) is 7.97. The summed E-state index contributed by atoms with van der Waals surface area (Å²) in [5.41, 5.74) is 1.07. The van der Waals surface area contributed by atoms with Crippen molar-refractivity contribution >= 4 is 0 Å². The molecule has 19 heavy (non-hydrogen) atoms. The quantitative estimate of drug-likeness (QED) is 0.438. The van der Waals surface area contributed by atoms with Crippen molar-refractivity contribution in [2.24, 2.45) is 0 Å². The summed E-state index contributed by atoms with van der Waals surface area (Å²) in [6.45, 7) is 9.84. The van der Waals surface area contributed by atoms with E-state index in [4.69, 9.17) is 0 Å². The van der Waals surface area contributed by atoms with E-state index in [2.05, 4.69) is 20.8 Å². The Balaban J connectivity index is 0.000000388. The molecule has 0 amide bonds. The summed E-state index contributed by atoms with van der Waals surface area (Å²) < 4.78 is 0. The zero-order chi connectivity index (χ0) is 14.2. The Bertz CT molecular complexity index is 240.